The number of likely N-dealkylation sites (tertiary alicyclic amines) is 1. The molecule has 3 rings (SSSR count). The average molecular weight is 439 g/mol. The molecule has 0 saturated carbocycles. The van der Waals surface area contributed by atoms with E-state index >= 15 is 0 Å². The molecule has 1 N–H and O–H groups in total. The molecule has 2 heterocycles. The Morgan fingerprint density at radius 2 is 1.97 bits per heavy atom. The molecule has 170 valence electrons. The van der Waals surface area contributed by atoms with Crippen molar-refractivity contribution in [2.45, 2.75) is 39.2 Å². The van der Waals surface area contributed by atoms with Crippen LogP contribution in [0.15, 0.2) is 42.1 Å². The first-order valence-electron chi connectivity index (χ1n) is 10.7. The Bertz CT molecular complexity index is 1030. The Morgan fingerprint density at radius 1 is 1.22 bits per heavy atom. The fourth-order valence-corrected chi connectivity index (χ4v) is 4.06. The molecule has 1 aliphatic rings. The number of rotatable bonds is 8. The van der Waals surface area contributed by atoms with Gasteiger partial charge in [0.25, 0.3) is 11.7 Å². The van der Waals surface area contributed by atoms with Gasteiger partial charge in [0.1, 0.15) is 17.6 Å². The maximum atomic E-state index is 13.1. The number of aliphatic hydroxyl groups excluding tert-OH is 1. The summed E-state index contributed by atoms with van der Waals surface area (Å²) in [6, 6.07) is 8.23. The molecular formula is C25H30N2O5. The molecule has 0 spiro atoms. The van der Waals surface area contributed by atoms with E-state index < -0.39 is 17.7 Å². The van der Waals surface area contributed by atoms with E-state index in [0.29, 0.717) is 30.8 Å². The number of hydrogen-bond donors (Lipinski definition) is 1. The van der Waals surface area contributed by atoms with E-state index in [4.69, 9.17) is 9.47 Å². The van der Waals surface area contributed by atoms with Gasteiger partial charge in [0, 0.05) is 32.0 Å². The van der Waals surface area contributed by atoms with Gasteiger partial charge in [-0.25, -0.2) is 0 Å². The minimum Gasteiger partial charge on any atom is -0.507 e. The predicted octanol–water partition coefficient (Wildman–Crippen LogP) is 3.98. The van der Waals surface area contributed by atoms with Gasteiger partial charge in [0.05, 0.1) is 18.4 Å². The lowest BCUT2D eigenvalue weighted by Crippen LogP contribution is -2.31. The second-order valence-corrected chi connectivity index (χ2v) is 8.16. The zero-order chi connectivity index (χ0) is 23.4. The number of aromatic nitrogens is 1. The summed E-state index contributed by atoms with van der Waals surface area (Å²) >= 11 is 0. The highest BCUT2D eigenvalue weighted by molar-refractivity contribution is 6.46. The number of Topliss-reactive ketones (excluding diaryl/α,β-unsaturated/α-hetero) is 1. The molecule has 1 amide bonds. The lowest BCUT2D eigenvalue weighted by Gasteiger charge is -2.24. The van der Waals surface area contributed by atoms with Crippen LogP contribution in [0.5, 0.6) is 5.75 Å². The molecule has 0 bridgehead atoms. The number of aryl methyl sites for hydroxylation is 1. The number of pyridine rings is 1. The van der Waals surface area contributed by atoms with Crippen molar-refractivity contribution in [3.8, 4) is 5.75 Å². The van der Waals surface area contributed by atoms with Crippen molar-refractivity contribution >= 4 is 17.4 Å². The van der Waals surface area contributed by atoms with E-state index in [2.05, 4.69) is 4.98 Å². The average Bonchev–Trinajstić information content (AvgIpc) is 3.04. The highest BCUT2D eigenvalue weighted by atomic mass is 16.5. The Balaban J connectivity index is 2.19. The Hall–Kier alpha value is -3.19. The predicted molar refractivity (Wildman–Crippen MR) is 122 cm³/mol. The summed E-state index contributed by atoms with van der Waals surface area (Å²) in [6.07, 6.45) is 2.17. The molecule has 1 aromatic heterocycles. The minimum absolute atomic E-state index is 0.0501. The first-order valence-corrected chi connectivity index (χ1v) is 10.7. The molecular weight excluding hydrogens is 408 g/mol. The number of hydrogen-bond acceptors (Lipinski definition) is 6. The van der Waals surface area contributed by atoms with Gasteiger partial charge >= 0.3 is 0 Å². The number of ketones is 1. The van der Waals surface area contributed by atoms with Crippen LogP contribution in [0.4, 0.5) is 0 Å². The fourth-order valence-electron chi connectivity index (χ4n) is 4.06. The monoisotopic (exact) mass is 438 g/mol. The second kappa shape index (κ2) is 9.96. The molecule has 0 radical (unpaired) electrons. The molecule has 1 atom stereocenters. The number of methoxy groups -OCH3 is 2. The smallest absolute Gasteiger partial charge is 0.295 e. The topological polar surface area (TPSA) is 89.0 Å². The summed E-state index contributed by atoms with van der Waals surface area (Å²) in [6.45, 7) is 6.66. The summed E-state index contributed by atoms with van der Waals surface area (Å²) < 4.78 is 10.6. The van der Waals surface area contributed by atoms with Crippen molar-refractivity contribution in [2.24, 2.45) is 0 Å². The van der Waals surface area contributed by atoms with E-state index in [9.17, 15) is 14.7 Å². The van der Waals surface area contributed by atoms with Crippen LogP contribution in [0, 0.1) is 6.92 Å². The lowest BCUT2D eigenvalue weighted by molar-refractivity contribution is -0.140. The molecule has 1 unspecified atom stereocenters. The molecule has 1 aromatic carbocycles. The van der Waals surface area contributed by atoms with Crippen molar-refractivity contribution in [3.05, 3.63) is 64.5 Å². The van der Waals surface area contributed by atoms with Gasteiger partial charge in [-0.3, -0.25) is 14.6 Å². The van der Waals surface area contributed by atoms with E-state index in [0.717, 1.165) is 16.9 Å². The summed E-state index contributed by atoms with van der Waals surface area (Å²) in [7, 11) is 3.19. The van der Waals surface area contributed by atoms with Crippen LogP contribution in [0.3, 0.4) is 0 Å². The van der Waals surface area contributed by atoms with Gasteiger partial charge in [-0.15, -0.1) is 0 Å². The Labute approximate surface area is 188 Å². The third-order valence-corrected chi connectivity index (χ3v) is 5.71. The number of carbonyl (C=O) groups is 2. The number of amides is 1. The maximum absolute atomic E-state index is 13.1. The summed E-state index contributed by atoms with van der Waals surface area (Å²) in [5.41, 5.74) is 2.73. The van der Waals surface area contributed by atoms with Crippen molar-refractivity contribution in [1.29, 1.82) is 0 Å². The molecule has 7 heteroatoms. The van der Waals surface area contributed by atoms with Gasteiger partial charge in [-0.1, -0.05) is 19.9 Å². The molecule has 2 aromatic rings. The van der Waals surface area contributed by atoms with Crippen LogP contribution >= 0.6 is 0 Å². The lowest BCUT2D eigenvalue weighted by atomic mass is 9.92. The fraction of sp³-hybridized carbons (Fsp3) is 0.400. The standard InChI is InChI=1S/C25H30N2O5/c1-15(2)17-14-18(16(3)13-20(17)32-5)23(28)21-22(19-9-6-7-10-26-19)27(11-8-12-31-4)25(30)24(21)29/h6-7,9-10,13-15,22,28H,8,11-12H2,1-5H3/b23-21+. The zero-order valence-corrected chi connectivity index (χ0v) is 19.2. The Morgan fingerprint density at radius 3 is 2.56 bits per heavy atom. The largest absolute Gasteiger partial charge is 0.507 e. The van der Waals surface area contributed by atoms with Crippen LogP contribution in [-0.4, -0.2) is 54.1 Å². The molecule has 32 heavy (non-hydrogen) atoms. The number of ether oxygens (including phenoxy) is 2. The van der Waals surface area contributed by atoms with E-state index in [1.165, 1.54) is 4.90 Å². The second-order valence-electron chi connectivity index (χ2n) is 8.16. The van der Waals surface area contributed by atoms with Crippen LogP contribution in [-0.2, 0) is 14.3 Å². The first-order chi connectivity index (χ1) is 15.3. The van der Waals surface area contributed by atoms with E-state index in [1.807, 2.05) is 32.9 Å². The molecule has 1 aliphatic heterocycles. The van der Waals surface area contributed by atoms with Gasteiger partial charge in [0.2, 0.25) is 0 Å². The van der Waals surface area contributed by atoms with Crippen molar-refractivity contribution in [3.63, 3.8) is 0 Å². The van der Waals surface area contributed by atoms with Crippen LogP contribution in [0.1, 0.15) is 54.6 Å². The first kappa shape index (κ1) is 23.5. The van der Waals surface area contributed by atoms with Crippen LogP contribution < -0.4 is 4.74 Å². The Kier molecular flexibility index (Phi) is 7.30. The van der Waals surface area contributed by atoms with E-state index in [1.54, 1.807) is 38.6 Å². The van der Waals surface area contributed by atoms with Gasteiger partial charge in [0.15, 0.2) is 0 Å². The number of benzene rings is 1. The quantitative estimate of drug-likeness (QED) is 0.290. The zero-order valence-electron chi connectivity index (χ0n) is 19.2. The highest BCUT2D eigenvalue weighted by Gasteiger charge is 2.46. The maximum Gasteiger partial charge on any atom is 0.295 e. The van der Waals surface area contributed by atoms with Crippen molar-refractivity contribution < 1.29 is 24.2 Å². The third kappa shape index (κ3) is 4.39. The van der Waals surface area contributed by atoms with Gasteiger partial charge < -0.3 is 19.5 Å². The SMILES string of the molecule is COCCCN1C(=O)C(=O)/C(=C(/O)c2cc(C(C)C)c(OC)cc2C)C1c1ccccn1. The van der Waals surface area contributed by atoms with Gasteiger partial charge in [-0.05, 0) is 54.7 Å². The van der Waals surface area contributed by atoms with Crippen LogP contribution in [0.25, 0.3) is 5.76 Å². The minimum atomic E-state index is -0.767. The van der Waals surface area contributed by atoms with Crippen LogP contribution in [0.2, 0.25) is 0 Å². The summed E-state index contributed by atoms with van der Waals surface area (Å²) in [5, 5.41) is 11.4. The van der Waals surface area contributed by atoms with Gasteiger partial charge in [-0.2, -0.15) is 0 Å². The third-order valence-electron chi connectivity index (χ3n) is 5.71. The molecule has 7 nitrogen and oxygen atoms in total. The summed E-state index contributed by atoms with van der Waals surface area (Å²) in [5.74, 6) is -0.698. The molecule has 1 fully saturated rings. The molecule has 1 saturated heterocycles. The number of aliphatic hydroxyl groups is 1. The summed E-state index contributed by atoms with van der Waals surface area (Å²) in [4.78, 5) is 31.9. The van der Waals surface area contributed by atoms with Crippen molar-refractivity contribution in [1.82, 2.24) is 9.88 Å². The highest BCUT2D eigenvalue weighted by Crippen LogP contribution is 2.40. The number of carbonyl (C=O) groups excluding carboxylic acids is 2. The normalized spacial score (nSPS) is 17.9. The number of nitrogens with zero attached hydrogens (tertiary/aromatic N) is 2. The van der Waals surface area contributed by atoms with Crippen molar-refractivity contribution in [2.75, 3.05) is 27.4 Å². The van der Waals surface area contributed by atoms with E-state index in [-0.39, 0.29) is 17.3 Å². The molecule has 0 aliphatic carbocycles.